The van der Waals surface area contributed by atoms with Crippen molar-refractivity contribution >= 4 is 52.7 Å². The lowest BCUT2D eigenvalue weighted by Crippen LogP contribution is -2.32. The summed E-state index contributed by atoms with van der Waals surface area (Å²) in [6, 6.07) is 28.7. The van der Waals surface area contributed by atoms with E-state index >= 15 is 0 Å². The zero-order valence-corrected chi connectivity index (χ0v) is 19.9. The zero-order valence-electron chi connectivity index (χ0n) is 19.9. The number of carbonyl (C=O) groups is 3. The van der Waals surface area contributed by atoms with E-state index in [2.05, 4.69) is 0 Å². The molecule has 7 heteroatoms. The van der Waals surface area contributed by atoms with Gasteiger partial charge in [-0.15, -0.1) is 0 Å². The summed E-state index contributed by atoms with van der Waals surface area (Å²) in [5.41, 5.74) is 17.1. The number of fused-ring (bicyclic) bond motifs is 4. The molecule has 4 aromatic rings. The van der Waals surface area contributed by atoms with E-state index in [1.807, 2.05) is 78.9 Å². The molecule has 0 spiro atoms. The van der Waals surface area contributed by atoms with Crippen molar-refractivity contribution in [3.63, 3.8) is 0 Å². The molecular weight excluding hydrogens is 464 g/mol. The average molecular weight is 489 g/mol. The smallest absolute Gasteiger partial charge is 0.323 e. The van der Waals surface area contributed by atoms with Crippen LogP contribution in [0.2, 0.25) is 0 Å². The van der Waals surface area contributed by atoms with Gasteiger partial charge >= 0.3 is 12.1 Å². The lowest BCUT2D eigenvalue weighted by Gasteiger charge is -2.22. The van der Waals surface area contributed by atoms with E-state index in [1.54, 1.807) is 35.2 Å². The number of hydrogen-bond donors (Lipinski definition) is 2. The van der Waals surface area contributed by atoms with Crippen LogP contribution in [0.4, 0.5) is 32.3 Å². The minimum atomic E-state index is -0.588. The third-order valence-corrected chi connectivity index (χ3v) is 6.27. The summed E-state index contributed by atoms with van der Waals surface area (Å²) < 4.78 is 0. The number of urea groups is 2. The molecule has 2 heterocycles. The van der Waals surface area contributed by atoms with Crippen LogP contribution in [0.5, 0.6) is 0 Å². The average Bonchev–Trinajstić information content (AvgIpc) is 3.15. The summed E-state index contributed by atoms with van der Waals surface area (Å²) in [5, 5.41) is 0. The van der Waals surface area contributed by atoms with Crippen molar-refractivity contribution in [2.45, 2.75) is 6.42 Å². The molecule has 4 amide bonds. The Balaban J connectivity index is 0.000000152. The first-order valence-corrected chi connectivity index (χ1v) is 11.7. The quantitative estimate of drug-likeness (QED) is 0.315. The van der Waals surface area contributed by atoms with E-state index in [1.165, 1.54) is 4.90 Å². The molecule has 0 radical (unpaired) electrons. The summed E-state index contributed by atoms with van der Waals surface area (Å²) in [7, 11) is 0. The summed E-state index contributed by atoms with van der Waals surface area (Å²) in [5.74, 6) is -0.00759. The van der Waals surface area contributed by atoms with Crippen molar-refractivity contribution in [1.82, 2.24) is 0 Å². The van der Waals surface area contributed by atoms with E-state index in [-0.39, 0.29) is 12.2 Å². The number of Topliss-reactive ketones (excluding diaryl/α,β-unsaturated/α-hetero) is 1. The fourth-order valence-corrected chi connectivity index (χ4v) is 4.63. The molecule has 4 aromatic carbocycles. The van der Waals surface area contributed by atoms with Crippen molar-refractivity contribution in [3.8, 4) is 0 Å². The van der Waals surface area contributed by atoms with E-state index in [4.69, 9.17) is 11.5 Å². The van der Waals surface area contributed by atoms with Gasteiger partial charge in [0.05, 0.1) is 22.7 Å². The number of ketones is 1. The lowest BCUT2D eigenvalue weighted by molar-refractivity contribution is 0.0994. The van der Waals surface area contributed by atoms with Crippen LogP contribution >= 0.6 is 0 Å². The van der Waals surface area contributed by atoms with Crippen LogP contribution in [0.15, 0.2) is 97.1 Å². The second kappa shape index (κ2) is 9.83. The van der Waals surface area contributed by atoms with Crippen LogP contribution in [0.3, 0.4) is 0 Å². The second-order valence-corrected chi connectivity index (χ2v) is 8.54. The minimum absolute atomic E-state index is 0.00759. The van der Waals surface area contributed by atoms with Crippen LogP contribution in [0.25, 0.3) is 12.2 Å². The Morgan fingerprint density at radius 1 is 0.568 bits per heavy atom. The third-order valence-electron chi connectivity index (χ3n) is 6.27. The van der Waals surface area contributed by atoms with Crippen LogP contribution < -0.4 is 21.3 Å². The largest absolute Gasteiger partial charge is 0.351 e. The first-order valence-electron chi connectivity index (χ1n) is 11.7. The summed E-state index contributed by atoms with van der Waals surface area (Å²) in [6.45, 7) is 0. The molecule has 0 saturated heterocycles. The molecule has 0 saturated carbocycles. The summed E-state index contributed by atoms with van der Waals surface area (Å²) >= 11 is 0. The topological polar surface area (TPSA) is 110 Å². The van der Waals surface area contributed by atoms with Gasteiger partial charge in [-0.05, 0) is 47.0 Å². The Morgan fingerprint density at radius 2 is 1.00 bits per heavy atom. The molecule has 0 aliphatic carbocycles. The lowest BCUT2D eigenvalue weighted by atomic mass is 10.0. The molecular formula is C30H24N4O3. The zero-order chi connectivity index (χ0) is 25.9. The van der Waals surface area contributed by atoms with Gasteiger partial charge in [-0.2, -0.15) is 0 Å². The van der Waals surface area contributed by atoms with Crippen LogP contribution in [-0.4, -0.2) is 17.8 Å². The number of amides is 4. The number of rotatable bonds is 0. The van der Waals surface area contributed by atoms with Crippen LogP contribution in [0, 0.1) is 0 Å². The first-order chi connectivity index (χ1) is 18.0. The van der Waals surface area contributed by atoms with Gasteiger partial charge in [0.25, 0.3) is 0 Å². The highest BCUT2D eigenvalue weighted by molar-refractivity contribution is 6.11. The van der Waals surface area contributed by atoms with Gasteiger partial charge in [0.15, 0.2) is 5.78 Å². The molecule has 0 unspecified atom stereocenters. The predicted octanol–water partition coefficient (Wildman–Crippen LogP) is 6.03. The molecule has 0 atom stereocenters. The van der Waals surface area contributed by atoms with E-state index in [9.17, 15) is 14.4 Å². The van der Waals surface area contributed by atoms with Gasteiger partial charge in [0, 0.05) is 12.0 Å². The number of carbonyl (C=O) groups excluding carboxylic acids is 3. The Kier molecular flexibility index (Phi) is 6.26. The van der Waals surface area contributed by atoms with Gasteiger partial charge in [-0.3, -0.25) is 14.6 Å². The normalized spacial score (nSPS) is 13.0. The van der Waals surface area contributed by atoms with Crippen molar-refractivity contribution in [2.75, 3.05) is 9.80 Å². The SMILES string of the molecule is NC(=O)N1c2ccccc2C=Cc2ccccc21.NC(=O)N1c2ccccc2CC(=O)c2ccccc21. The van der Waals surface area contributed by atoms with Gasteiger partial charge < -0.3 is 11.5 Å². The van der Waals surface area contributed by atoms with Gasteiger partial charge in [-0.25, -0.2) is 9.59 Å². The molecule has 4 N–H and O–H groups in total. The maximum atomic E-state index is 12.3. The van der Waals surface area contributed by atoms with Crippen LogP contribution in [-0.2, 0) is 6.42 Å². The predicted molar refractivity (Wildman–Crippen MR) is 146 cm³/mol. The van der Waals surface area contributed by atoms with Crippen molar-refractivity contribution in [3.05, 3.63) is 119 Å². The van der Waals surface area contributed by atoms with Crippen molar-refractivity contribution in [1.29, 1.82) is 0 Å². The highest BCUT2D eigenvalue weighted by Gasteiger charge is 2.27. The van der Waals surface area contributed by atoms with E-state index < -0.39 is 12.1 Å². The van der Waals surface area contributed by atoms with Gasteiger partial charge in [-0.1, -0.05) is 78.9 Å². The van der Waals surface area contributed by atoms with Gasteiger partial charge in [0.2, 0.25) is 0 Å². The van der Waals surface area contributed by atoms with Gasteiger partial charge in [0.1, 0.15) is 0 Å². The highest BCUT2D eigenvalue weighted by Crippen LogP contribution is 2.36. The van der Waals surface area contributed by atoms with Crippen molar-refractivity contribution < 1.29 is 14.4 Å². The molecule has 182 valence electrons. The molecule has 2 aliphatic heterocycles. The standard InChI is InChI=1S/C15H12N2O2.C15H12N2O/c16-15(19)17-12-7-3-1-5-10(12)9-14(18)11-6-2-4-8-13(11)17;16-15(18)17-13-7-3-1-5-11(13)9-10-12-6-2-4-8-14(12)17/h1-8H,9H2,(H2,16,19);1-10H,(H2,16,18). The number of benzene rings is 4. The molecule has 0 aromatic heterocycles. The Hall–Kier alpha value is -5.17. The number of nitrogens with zero attached hydrogens (tertiary/aromatic N) is 2. The Morgan fingerprint density at radius 3 is 1.57 bits per heavy atom. The second-order valence-electron chi connectivity index (χ2n) is 8.54. The van der Waals surface area contributed by atoms with Crippen LogP contribution in [0.1, 0.15) is 27.0 Å². The number of nitrogens with two attached hydrogens (primary N) is 2. The monoisotopic (exact) mass is 488 g/mol. The molecule has 7 nitrogen and oxygen atoms in total. The number of primary amides is 2. The number of anilines is 4. The maximum absolute atomic E-state index is 12.3. The Bertz CT molecular complexity index is 1510. The summed E-state index contributed by atoms with van der Waals surface area (Å²) in [6.07, 6.45) is 4.27. The molecule has 2 aliphatic rings. The number of hydrogen-bond acceptors (Lipinski definition) is 3. The first kappa shape index (κ1) is 23.6. The molecule has 0 fully saturated rings. The maximum Gasteiger partial charge on any atom is 0.323 e. The third kappa shape index (κ3) is 4.46. The van der Waals surface area contributed by atoms with E-state index in [0.29, 0.717) is 16.9 Å². The van der Waals surface area contributed by atoms with E-state index in [0.717, 1.165) is 28.1 Å². The molecule has 37 heavy (non-hydrogen) atoms. The Labute approximate surface area is 214 Å². The fourth-order valence-electron chi connectivity index (χ4n) is 4.63. The highest BCUT2D eigenvalue weighted by atomic mass is 16.2. The molecule has 0 bridgehead atoms. The van der Waals surface area contributed by atoms with Crippen molar-refractivity contribution in [2.24, 2.45) is 11.5 Å². The minimum Gasteiger partial charge on any atom is -0.351 e. The fraction of sp³-hybridized carbons (Fsp3) is 0.0333. The number of para-hydroxylation sites is 4. The molecule has 6 rings (SSSR count). The summed E-state index contributed by atoms with van der Waals surface area (Å²) in [4.78, 5) is 38.7.